The van der Waals surface area contributed by atoms with Crippen LogP contribution in [0.2, 0.25) is 0 Å². The lowest BCUT2D eigenvalue weighted by Crippen LogP contribution is -3.13. The maximum absolute atomic E-state index is 8.92. The Kier molecular flexibility index (Phi) is 20.8. The molecular formula is C16H37NO3. The predicted octanol–water partition coefficient (Wildman–Crippen LogP) is 1.60. The summed E-state index contributed by atoms with van der Waals surface area (Å²) in [7, 11) is 0. The van der Waals surface area contributed by atoms with Crippen LogP contribution in [0, 0.1) is 0 Å². The van der Waals surface area contributed by atoms with Crippen molar-refractivity contribution in [2.24, 2.45) is 0 Å². The van der Waals surface area contributed by atoms with Crippen molar-refractivity contribution in [3.8, 4) is 0 Å². The number of unbranched alkanes of at least 4 members (excludes halogenated alkanes) is 9. The van der Waals surface area contributed by atoms with Gasteiger partial charge in [0.2, 0.25) is 0 Å². The zero-order valence-corrected chi connectivity index (χ0v) is 13.4. The summed E-state index contributed by atoms with van der Waals surface area (Å²) in [5.74, 6) is 0. The van der Waals surface area contributed by atoms with Crippen molar-refractivity contribution in [3.63, 3.8) is 0 Å². The van der Waals surface area contributed by atoms with Crippen LogP contribution in [-0.4, -0.2) is 48.5 Å². The maximum atomic E-state index is 8.92. The quantitative estimate of drug-likeness (QED) is 0.401. The summed E-state index contributed by atoms with van der Waals surface area (Å²) in [4.78, 5) is 1.34. The lowest BCUT2D eigenvalue weighted by atomic mass is 10.1. The van der Waals surface area contributed by atoms with Gasteiger partial charge in [0.15, 0.2) is 0 Å². The van der Waals surface area contributed by atoms with Crippen LogP contribution in [0.15, 0.2) is 0 Å². The molecule has 0 fully saturated rings. The topological polar surface area (TPSA) is 74.9 Å². The second-order valence-corrected chi connectivity index (χ2v) is 5.63. The van der Waals surface area contributed by atoms with Crippen LogP contribution in [0.4, 0.5) is 0 Å². The second kappa shape index (κ2) is 18.8. The van der Waals surface area contributed by atoms with E-state index < -0.39 is 0 Å². The molecule has 4 N–H and O–H groups in total. The van der Waals surface area contributed by atoms with E-state index in [1.54, 1.807) is 0 Å². The molecule has 20 heavy (non-hydrogen) atoms. The number of aliphatic hydroxyl groups is 2. The number of aliphatic hydroxyl groups excluding tert-OH is 2. The zero-order chi connectivity index (χ0) is 14.2. The van der Waals surface area contributed by atoms with Crippen molar-refractivity contribution in [3.05, 3.63) is 0 Å². The highest BCUT2D eigenvalue weighted by Gasteiger charge is 2.05. The Morgan fingerprint density at radius 2 is 1.00 bits per heavy atom. The van der Waals surface area contributed by atoms with E-state index >= 15 is 0 Å². The summed E-state index contributed by atoms with van der Waals surface area (Å²) in [6.45, 7) is 5.37. The van der Waals surface area contributed by atoms with Gasteiger partial charge in [0.1, 0.15) is 13.1 Å². The van der Waals surface area contributed by atoms with Gasteiger partial charge < -0.3 is 20.6 Å². The Bertz CT molecular complexity index is 162. The lowest BCUT2D eigenvalue weighted by molar-refractivity contribution is -0.901. The highest BCUT2D eigenvalue weighted by atomic mass is 16.3. The van der Waals surface area contributed by atoms with Crippen LogP contribution >= 0.6 is 0 Å². The highest BCUT2D eigenvalue weighted by Crippen LogP contribution is 2.09. The number of nitrogens with one attached hydrogen (secondary N) is 1. The van der Waals surface area contributed by atoms with Gasteiger partial charge in [0.25, 0.3) is 0 Å². The molecular weight excluding hydrogens is 254 g/mol. The number of hydrogen-bond donors (Lipinski definition) is 3. The smallest absolute Gasteiger partial charge is 0.101 e. The molecule has 0 saturated heterocycles. The molecule has 0 amide bonds. The molecule has 0 heterocycles. The minimum Gasteiger partial charge on any atom is -0.870 e. The zero-order valence-electron chi connectivity index (χ0n) is 13.4. The molecule has 0 aliphatic heterocycles. The fraction of sp³-hybridized carbons (Fsp3) is 1.00. The molecule has 0 saturated carbocycles. The first-order valence-electron chi connectivity index (χ1n) is 8.40. The molecule has 0 rings (SSSR count). The molecule has 0 aromatic carbocycles. The highest BCUT2D eigenvalue weighted by molar-refractivity contribution is 4.47. The van der Waals surface area contributed by atoms with Crippen LogP contribution in [0.3, 0.4) is 0 Å². The van der Waals surface area contributed by atoms with E-state index in [0.29, 0.717) is 0 Å². The van der Waals surface area contributed by atoms with Gasteiger partial charge in [-0.1, -0.05) is 58.3 Å². The molecule has 0 aromatic heterocycles. The predicted molar refractivity (Wildman–Crippen MR) is 83.5 cm³/mol. The number of quaternary nitrogens is 1. The lowest BCUT2D eigenvalue weighted by Gasteiger charge is -2.17. The van der Waals surface area contributed by atoms with Gasteiger partial charge in [-0.3, -0.25) is 0 Å². The molecule has 0 aromatic rings. The van der Waals surface area contributed by atoms with E-state index in [1.165, 1.54) is 69.1 Å². The molecule has 4 nitrogen and oxygen atoms in total. The average Bonchev–Trinajstić information content (AvgIpc) is 2.41. The van der Waals surface area contributed by atoms with E-state index in [1.807, 2.05) is 0 Å². The van der Waals surface area contributed by atoms with Crippen molar-refractivity contribution in [2.75, 3.05) is 32.8 Å². The van der Waals surface area contributed by atoms with Gasteiger partial charge in [-0.25, -0.2) is 0 Å². The van der Waals surface area contributed by atoms with Crippen LogP contribution in [-0.2, 0) is 0 Å². The number of rotatable bonds is 15. The van der Waals surface area contributed by atoms with E-state index in [9.17, 15) is 0 Å². The van der Waals surface area contributed by atoms with Gasteiger partial charge in [-0.05, 0) is 12.8 Å². The third kappa shape index (κ3) is 15.9. The van der Waals surface area contributed by atoms with E-state index in [2.05, 4.69) is 6.92 Å². The summed E-state index contributed by atoms with van der Waals surface area (Å²) < 4.78 is 0. The van der Waals surface area contributed by atoms with Crippen LogP contribution in [0.25, 0.3) is 0 Å². The molecule has 0 aliphatic carbocycles. The van der Waals surface area contributed by atoms with Crippen LogP contribution < -0.4 is 4.90 Å². The Balaban J connectivity index is 0. The van der Waals surface area contributed by atoms with Gasteiger partial charge >= 0.3 is 0 Å². The first-order chi connectivity index (χ1) is 9.35. The normalized spacial score (nSPS) is 10.8. The van der Waals surface area contributed by atoms with E-state index in [4.69, 9.17) is 10.2 Å². The third-order valence-corrected chi connectivity index (χ3v) is 3.81. The van der Waals surface area contributed by atoms with Crippen molar-refractivity contribution in [2.45, 2.75) is 71.1 Å². The summed E-state index contributed by atoms with van der Waals surface area (Å²) in [6, 6.07) is 0. The first-order valence-corrected chi connectivity index (χ1v) is 8.40. The van der Waals surface area contributed by atoms with Gasteiger partial charge in [-0.15, -0.1) is 0 Å². The number of hydrogen-bond acceptors (Lipinski definition) is 3. The van der Waals surface area contributed by atoms with Crippen molar-refractivity contribution in [1.82, 2.24) is 0 Å². The minimum absolute atomic E-state index is 0. The summed E-state index contributed by atoms with van der Waals surface area (Å²) >= 11 is 0. The largest absolute Gasteiger partial charge is 0.870 e. The standard InChI is InChI=1S/C16H35NO2.H2O/c1-2-3-4-5-6-7-8-9-10-11-12-17(13-15-18)14-16-19;/h18-19H,2-16H2,1H3;1H2. The fourth-order valence-corrected chi connectivity index (χ4v) is 2.55. The van der Waals surface area contributed by atoms with Gasteiger partial charge in [-0.2, -0.15) is 0 Å². The molecule has 0 unspecified atom stereocenters. The Hall–Kier alpha value is -0.160. The summed E-state index contributed by atoms with van der Waals surface area (Å²) in [5.41, 5.74) is 0. The molecule has 124 valence electrons. The van der Waals surface area contributed by atoms with E-state index in [0.717, 1.165) is 19.6 Å². The molecule has 0 atom stereocenters. The van der Waals surface area contributed by atoms with Crippen molar-refractivity contribution in [1.29, 1.82) is 0 Å². The van der Waals surface area contributed by atoms with Gasteiger partial charge in [0, 0.05) is 0 Å². The molecule has 0 bridgehead atoms. The monoisotopic (exact) mass is 291 g/mol. The van der Waals surface area contributed by atoms with Crippen molar-refractivity contribution >= 4 is 0 Å². The van der Waals surface area contributed by atoms with E-state index in [-0.39, 0.29) is 18.7 Å². The maximum Gasteiger partial charge on any atom is 0.101 e. The SMILES string of the molecule is CCCCCCCCCCCC[NH+](CCO)CCO.[OH-]. The molecule has 4 heteroatoms. The fourth-order valence-electron chi connectivity index (χ4n) is 2.55. The van der Waals surface area contributed by atoms with Crippen molar-refractivity contribution < 1.29 is 20.6 Å². The summed E-state index contributed by atoms with van der Waals surface area (Å²) in [6.07, 6.45) is 13.6. The molecule has 0 spiro atoms. The second-order valence-electron chi connectivity index (χ2n) is 5.63. The Morgan fingerprint density at radius 3 is 1.40 bits per heavy atom. The third-order valence-electron chi connectivity index (χ3n) is 3.81. The first kappa shape index (κ1) is 22.1. The Labute approximate surface area is 125 Å². The molecule has 0 radical (unpaired) electrons. The van der Waals surface area contributed by atoms with Crippen LogP contribution in [0.1, 0.15) is 71.1 Å². The molecule has 0 aliphatic rings. The average molecular weight is 291 g/mol. The Morgan fingerprint density at radius 1 is 0.600 bits per heavy atom. The summed E-state index contributed by atoms with van der Waals surface area (Å²) in [5, 5.41) is 17.8. The minimum atomic E-state index is 0. The van der Waals surface area contributed by atoms with Crippen LogP contribution in [0.5, 0.6) is 0 Å². The van der Waals surface area contributed by atoms with Gasteiger partial charge in [0.05, 0.1) is 19.8 Å².